The van der Waals surface area contributed by atoms with Gasteiger partial charge in [0.25, 0.3) is 8.32 Å². The Balaban J connectivity index is 1.48. The zero-order valence-electron chi connectivity index (χ0n) is 24.2. The maximum Gasteiger partial charge on any atom is 0.410 e. The highest BCUT2D eigenvalue weighted by Gasteiger charge is 2.63. The molecule has 0 saturated carbocycles. The first-order chi connectivity index (χ1) is 19.3. The summed E-state index contributed by atoms with van der Waals surface area (Å²) < 4.78 is 13.5. The van der Waals surface area contributed by atoms with Crippen LogP contribution in [0.3, 0.4) is 0 Å². The summed E-state index contributed by atoms with van der Waals surface area (Å²) >= 11 is 0. The smallest absolute Gasteiger partial charge is 0.410 e. The molecule has 0 N–H and O–H groups in total. The largest absolute Gasteiger partial charge is 0.450 e. The van der Waals surface area contributed by atoms with E-state index in [4.69, 9.17) is 9.16 Å². The molecule has 3 heterocycles. The van der Waals surface area contributed by atoms with E-state index in [-0.39, 0.29) is 35.4 Å². The third-order valence-corrected chi connectivity index (χ3v) is 14.4. The molecule has 210 valence electrons. The highest BCUT2D eigenvalue weighted by molar-refractivity contribution is 6.99. The molecule has 1 amide bonds. The average molecular weight is 555 g/mol. The van der Waals surface area contributed by atoms with Gasteiger partial charge in [0.1, 0.15) is 0 Å². The highest BCUT2D eigenvalue weighted by atomic mass is 28.4. The van der Waals surface area contributed by atoms with Gasteiger partial charge >= 0.3 is 6.09 Å². The number of likely N-dealkylation sites (tertiary alicyclic amines) is 1. The number of fused-ring (bicyclic) bond motifs is 2. The number of hydrogen-bond acceptors (Lipinski definition) is 4. The number of rotatable bonds is 7. The lowest BCUT2D eigenvalue weighted by molar-refractivity contribution is 0.00795. The van der Waals surface area contributed by atoms with E-state index in [9.17, 15) is 4.79 Å². The molecule has 3 saturated heterocycles. The fraction of sp³-hybridized carbons (Fsp3) is 0.441. The highest BCUT2D eigenvalue weighted by Crippen LogP contribution is 2.50. The van der Waals surface area contributed by atoms with Gasteiger partial charge in [0.2, 0.25) is 0 Å². The summed E-state index contributed by atoms with van der Waals surface area (Å²) in [7, 11) is -2.82. The molecule has 5 atom stereocenters. The maximum absolute atomic E-state index is 13.5. The standard InChI is InChI=1S/C34H42N2O3Si/c1-5-38-33(37)36-29-21-26-22-30(36)32(31(29)35(24-26)23-25-15-9-6-10-16-25)39-40(34(2,3)4,27-17-11-7-12-18-27)28-19-13-8-14-20-28/h6-20,26,29-32H,5,21-24H2,1-4H3/t26-,29+,30+,31?,32-/m1/s1. The third kappa shape index (κ3) is 4.60. The molecule has 3 bridgehead atoms. The van der Waals surface area contributed by atoms with Crippen LogP contribution in [0.15, 0.2) is 91.0 Å². The molecule has 3 aliphatic heterocycles. The van der Waals surface area contributed by atoms with Crippen molar-refractivity contribution in [1.29, 1.82) is 0 Å². The predicted molar refractivity (Wildman–Crippen MR) is 162 cm³/mol. The molecule has 3 aliphatic rings. The Bertz CT molecular complexity index is 1260. The fourth-order valence-electron chi connectivity index (χ4n) is 7.85. The molecule has 3 aromatic rings. The topological polar surface area (TPSA) is 42.0 Å². The average Bonchev–Trinajstić information content (AvgIpc) is 3.07. The van der Waals surface area contributed by atoms with Crippen molar-refractivity contribution in [3.63, 3.8) is 0 Å². The van der Waals surface area contributed by atoms with Crippen molar-refractivity contribution in [3.8, 4) is 0 Å². The van der Waals surface area contributed by atoms with Crippen LogP contribution in [-0.2, 0) is 15.7 Å². The first-order valence-electron chi connectivity index (χ1n) is 14.9. The van der Waals surface area contributed by atoms with Gasteiger partial charge in [-0.25, -0.2) is 4.79 Å². The molecule has 1 unspecified atom stereocenters. The second-order valence-corrected chi connectivity index (χ2v) is 17.0. The molecule has 5 nitrogen and oxygen atoms in total. The van der Waals surface area contributed by atoms with Crippen molar-refractivity contribution < 1.29 is 14.0 Å². The van der Waals surface area contributed by atoms with Gasteiger partial charge in [-0.2, -0.15) is 0 Å². The van der Waals surface area contributed by atoms with Crippen LogP contribution in [-0.4, -0.2) is 61.6 Å². The minimum absolute atomic E-state index is 0.00947. The number of carbonyl (C=O) groups excluding carboxylic acids is 1. The minimum Gasteiger partial charge on any atom is -0.450 e. The molecule has 0 aliphatic carbocycles. The predicted octanol–water partition coefficient (Wildman–Crippen LogP) is 5.44. The van der Waals surface area contributed by atoms with Gasteiger partial charge in [0.05, 0.1) is 30.8 Å². The lowest BCUT2D eigenvalue weighted by Gasteiger charge is -2.47. The molecule has 3 aromatic carbocycles. The van der Waals surface area contributed by atoms with E-state index < -0.39 is 8.32 Å². The van der Waals surface area contributed by atoms with E-state index in [0.717, 1.165) is 25.9 Å². The van der Waals surface area contributed by atoms with Crippen molar-refractivity contribution in [2.24, 2.45) is 5.92 Å². The SMILES string of the molecule is CCOC(=O)N1[C@H]2C[C@@H]3C[C@H]1[C@@H](O[Si](c1ccccc1)(c1ccccc1)C(C)(C)C)C2N(Cc1ccccc1)C3. The van der Waals surface area contributed by atoms with E-state index in [1.807, 2.05) is 6.92 Å². The number of nitrogens with zero attached hydrogens (tertiary/aromatic N) is 2. The monoisotopic (exact) mass is 554 g/mol. The molecular weight excluding hydrogens is 512 g/mol. The van der Waals surface area contributed by atoms with Crippen LogP contribution in [0, 0.1) is 5.92 Å². The molecular formula is C34H42N2O3Si. The van der Waals surface area contributed by atoms with Gasteiger partial charge in [-0.15, -0.1) is 0 Å². The van der Waals surface area contributed by atoms with Gasteiger partial charge in [0.15, 0.2) is 0 Å². The third-order valence-electron chi connectivity index (χ3n) is 9.33. The van der Waals surface area contributed by atoms with E-state index in [1.165, 1.54) is 15.9 Å². The number of hydrogen-bond donors (Lipinski definition) is 0. The van der Waals surface area contributed by atoms with E-state index >= 15 is 0 Å². The fourth-order valence-corrected chi connectivity index (χ4v) is 12.6. The summed E-state index contributed by atoms with van der Waals surface area (Å²) in [6, 6.07) is 32.7. The van der Waals surface area contributed by atoms with Crippen molar-refractivity contribution >= 4 is 24.8 Å². The summed E-state index contributed by atoms with van der Waals surface area (Å²) in [5, 5.41) is 2.42. The van der Waals surface area contributed by atoms with Gasteiger partial charge in [-0.05, 0) is 46.7 Å². The van der Waals surface area contributed by atoms with Crippen LogP contribution < -0.4 is 10.4 Å². The van der Waals surface area contributed by atoms with Crippen LogP contribution in [0.4, 0.5) is 4.79 Å². The van der Waals surface area contributed by atoms with Crippen LogP contribution in [0.2, 0.25) is 5.04 Å². The summed E-state index contributed by atoms with van der Waals surface area (Å²) in [6.45, 7) is 11.2. The summed E-state index contributed by atoms with van der Waals surface area (Å²) in [5.41, 5.74) is 1.30. The van der Waals surface area contributed by atoms with Crippen molar-refractivity contribution in [3.05, 3.63) is 96.6 Å². The number of piperidine rings is 2. The minimum atomic E-state index is -2.82. The van der Waals surface area contributed by atoms with Crippen LogP contribution in [0.1, 0.15) is 46.1 Å². The van der Waals surface area contributed by atoms with Gasteiger partial charge in [-0.1, -0.05) is 112 Å². The van der Waals surface area contributed by atoms with Crippen LogP contribution >= 0.6 is 0 Å². The van der Waals surface area contributed by atoms with Crippen LogP contribution in [0.25, 0.3) is 0 Å². The molecule has 3 fully saturated rings. The molecule has 40 heavy (non-hydrogen) atoms. The Morgan fingerprint density at radius 1 is 0.850 bits per heavy atom. The Hall–Kier alpha value is -2.93. The quantitative estimate of drug-likeness (QED) is 0.365. The first kappa shape index (κ1) is 27.2. The summed E-state index contributed by atoms with van der Waals surface area (Å²) in [6.07, 6.45) is 1.69. The van der Waals surface area contributed by atoms with Gasteiger partial charge in [0, 0.05) is 13.1 Å². The van der Waals surface area contributed by atoms with Gasteiger partial charge < -0.3 is 9.16 Å². The summed E-state index contributed by atoms with van der Waals surface area (Å²) in [4.78, 5) is 18.2. The number of amides is 1. The lowest BCUT2D eigenvalue weighted by atomic mass is 9.86. The van der Waals surface area contributed by atoms with E-state index in [2.05, 4.69) is 122 Å². The maximum atomic E-state index is 13.5. The Morgan fingerprint density at radius 2 is 1.40 bits per heavy atom. The van der Waals surface area contributed by atoms with E-state index in [0.29, 0.717) is 12.5 Å². The van der Waals surface area contributed by atoms with Crippen molar-refractivity contribution in [1.82, 2.24) is 9.80 Å². The second kappa shape index (κ2) is 10.8. The Kier molecular flexibility index (Phi) is 7.36. The lowest BCUT2D eigenvalue weighted by Crippen LogP contribution is -2.69. The number of benzene rings is 3. The molecule has 6 heteroatoms. The first-order valence-corrected chi connectivity index (χ1v) is 16.8. The van der Waals surface area contributed by atoms with Crippen LogP contribution in [0.5, 0.6) is 0 Å². The van der Waals surface area contributed by atoms with E-state index in [1.54, 1.807) is 0 Å². The van der Waals surface area contributed by atoms with Crippen molar-refractivity contribution in [2.75, 3.05) is 13.2 Å². The number of ether oxygens (including phenoxy) is 1. The Labute approximate surface area is 240 Å². The normalized spacial score (nSPS) is 26.2. The van der Waals surface area contributed by atoms with Gasteiger partial charge in [-0.3, -0.25) is 9.80 Å². The van der Waals surface area contributed by atoms with Crippen molar-refractivity contribution in [2.45, 2.75) is 76.3 Å². The number of carbonyl (C=O) groups is 1. The molecule has 0 radical (unpaired) electrons. The zero-order chi connectivity index (χ0) is 27.9. The molecule has 6 rings (SSSR count). The second-order valence-electron chi connectivity index (χ2n) is 12.7. The molecule has 0 spiro atoms. The molecule has 0 aromatic heterocycles. The Morgan fingerprint density at radius 3 is 1.95 bits per heavy atom. The summed E-state index contributed by atoms with van der Waals surface area (Å²) in [5.74, 6) is 0.549. The zero-order valence-corrected chi connectivity index (χ0v) is 25.2.